The van der Waals surface area contributed by atoms with Gasteiger partial charge >= 0.3 is 19.8 Å². The van der Waals surface area contributed by atoms with Crippen LogP contribution in [0.2, 0.25) is 0 Å². The highest BCUT2D eigenvalue weighted by Crippen LogP contribution is 2.36. The van der Waals surface area contributed by atoms with Gasteiger partial charge in [0.2, 0.25) is 0 Å². The predicted octanol–water partition coefficient (Wildman–Crippen LogP) is 13.8. The van der Waals surface area contributed by atoms with Crippen LogP contribution in [0.1, 0.15) is 239 Å². The Bertz CT molecular complexity index is 873. The van der Waals surface area contributed by atoms with Crippen molar-refractivity contribution in [2.45, 2.75) is 245 Å². The largest absolute Gasteiger partial charge is 0.469 e. The van der Waals surface area contributed by atoms with E-state index >= 15 is 0 Å². The average Bonchev–Trinajstić information content (AvgIpc) is 3.13. The molecular formula is C44H85O8P. The Morgan fingerprint density at radius 1 is 0.472 bits per heavy atom. The molecule has 0 unspecified atom stereocenters. The van der Waals surface area contributed by atoms with Gasteiger partial charge in [-0.1, -0.05) is 199 Å². The van der Waals surface area contributed by atoms with Crippen LogP contribution in [-0.4, -0.2) is 41.0 Å². The first kappa shape index (κ1) is 51.8. The van der Waals surface area contributed by atoms with E-state index in [0.29, 0.717) is 6.42 Å². The summed E-state index contributed by atoms with van der Waals surface area (Å²) >= 11 is 0. The second-order valence-electron chi connectivity index (χ2n) is 15.4. The molecule has 0 heterocycles. The van der Waals surface area contributed by atoms with Crippen LogP contribution in [0.3, 0.4) is 0 Å². The van der Waals surface area contributed by atoms with Gasteiger partial charge in [-0.3, -0.25) is 14.1 Å². The maximum atomic E-state index is 12.4. The van der Waals surface area contributed by atoms with E-state index in [4.69, 9.17) is 19.3 Å². The minimum atomic E-state index is -4.75. The minimum absolute atomic E-state index is 0.211. The molecule has 314 valence electrons. The summed E-state index contributed by atoms with van der Waals surface area (Å²) in [5.41, 5.74) is 0. The fraction of sp³-hybridized carbons (Fsp3) is 0.909. The van der Waals surface area contributed by atoms with E-state index in [-0.39, 0.29) is 19.4 Å². The smallest absolute Gasteiger partial charge is 0.462 e. The molecule has 0 amide bonds. The van der Waals surface area contributed by atoms with Crippen molar-refractivity contribution in [3.8, 4) is 0 Å². The second-order valence-corrected chi connectivity index (χ2v) is 16.6. The van der Waals surface area contributed by atoms with Crippen LogP contribution >= 0.6 is 7.82 Å². The van der Waals surface area contributed by atoms with Crippen molar-refractivity contribution >= 4 is 19.8 Å². The number of phosphoric acid groups is 1. The average molecular weight is 773 g/mol. The third-order valence-electron chi connectivity index (χ3n) is 10.0. The Balaban J connectivity index is 3.82. The Hall–Kier alpha value is -1.21. The number of rotatable bonds is 42. The van der Waals surface area contributed by atoms with Crippen LogP contribution in [0, 0.1) is 0 Å². The molecule has 53 heavy (non-hydrogen) atoms. The summed E-state index contributed by atoms with van der Waals surface area (Å²) in [6, 6.07) is 0. The second kappa shape index (κ2) is 40.5. The molecule has 2 N–H and O–H groups in total. The molecular weight excluding hydrogens is 687 g/mol. The lowest BCUT2D eigenvalue weighted by Gasteiger charge is -2.18. The molecule has 0 fully saturated rings. The van der Waals surface area contributed by atoms with Crippen LogP contribution in [-0.2, 0) is 28.2 Å². The van der Waals surface area contributed by atoms with Gasteiger partial charge in [-0.15, -0.1) is 0 Å². The molecule has 0 aliphatic rings. The van der Waals surface area contributed by atoms with Crippen molar-refractivity contribution in [3.63, 3.8) is 0 Å². The fourth-order valence-electron chi connectivity index (χ4n) is 6.66. The van der Waals surface area contributed by atoms with Crippen LogP contribution in [0.5, 0.6) is 0 Å². The van der Waals surface area contributed by atoms with Gasteiger partial charge < -0.3 is 19.3 Å². The van der Waals surface area contributed by atoms with Crippen LogP contribution in [0.25, 0.3) is 0 Å². The summed E-state index contributed by atoms with van der Waals surface area (Å²) < 4.78 is 26.4. The number of hydrogen-bond acceptors (Lipinski definition) is 6. The van der Waals surface area contributed by atoms with E-state index in [1.54, 1.807) is 0 Å². The molecule has 0 aliphatic carbocycles. The quantitative estimate of drug-likeness (QED) is 0.0272. The maximum absolute atomic E-state index is 12.4. The van der Waals surface area contributed by atoms with Gasteiger partial charge in [0, 0.05) is 12.8 Å². The molecule has 0 bridgehead atoms. The van der Waals surface area contributed by atoms with Gasteiger partial charge in [-0.05, 0) is 38.5 Å². The van der Waals surface area contributed by atoms with Crippen molar-refractivity contribution in [2.75, 3.05) is 13.2 Å². The molecule has 0 rings (SSSR count). The van der Waals surface area contributed by atoms with E-state index in [1.165, 1.54) is 161 Å². The van der Waals surface area contributed by atoms with Crippen LogP contribution < -0.4 is 0 Å². The molecule has 0 spiro atoms. The Labute approximate surface area is 327 Å². The zero-order chi connectivity index (χ0) is 38.9. The molecule has 9 heteroatoms. The van der Waals surface area contributed by atoms with Crippen LogP contribution in [0.4, 0.5) is 0 Å². The molecule has 0 aromatic carbocycles. The van der Waals surface area contributed by atoms with E-state index in [2.05, 4.69) is 30.5 Å². The Kier molecular flexibility index (Phi) is 39.5. The highest BCUT2D eigenvalue weighted by Gasteiger charge is 2.23. The summed E-state index contributed by atoms with van der Waals surface area (Å²) in [5.74, 6) is -0.876. The summed E-state index contributed by atoms with van der Waals surface area (Å²) in [4.78, 5) is 42.9. The highest BCUT2D eigenvalue weighted by molar-refractivity contribution is 7.46. The standard InChI is InChI=1S/C44H85O8P/c1-3-5-7-9-11-13-15-17-19-20-21-22-23-25-26-28-30-32-34-36-38-43(45)50-40-42(41-51-53(47,48)49)52-44(46)39-37-35-33-31-29-27-24-18-16-14-12-10-8-6-4-2/h14,16,42H,3-13,15,17-41H2,1-2H3,(H2,47,48,49)/b16-14+/t42-/m1/s1. The van der Waals surface area contributed by atoms with E-state index in [9.17, 15) is 14.2 Å². The summed E-state index contributed by atoms with van der Waals surface area (Å²) in [6.45, 7) is 3.70. The number of carbonyl (C=O) groups is 2. The van der Waals surface area contributed by atoms with E-state index in [0.717, 1.165) is 44.9 Å². The first-order valence-corrected chi connectivity index (χ1v) is 24.0. The van der Waals surface area contributed by atoms with Crippen molar-refractivity contribution in [3.05, 3.63) is 12.2 Å². The molecule has 0 saturated carbocycles. The van der Waals surface area contributed by atoms with Gasteiger partial charge in [0.1, 0.15) is 6.61 Å². The number of esters is 2. The first-order chi connectivity index (χ1) is 25.8. The lowest BCUT2D eigenvalue weighted by Crippen LogP contribution is -2.29. The lowest BCUT2D eigenvalue weighted by molar-refractivity contribution is -0.161. The van der Waals surface area contributed by atoms with E-state index in [1.807, 2.05) is 0 Å². The normalized spacial score (nSPS) is 12.5. The number of ether oxygens (including phenoxy) is 2. The first-order valence-electron chi connectivity index (χ1n) is 22.5. The molecule has 1 atom stereocenters. The third-order valence-corrected chi connectivity index (χ3v) is 10.5. The van der Waals surface area contributed by atoms with Gasteiger partial charge in [0.05, 0.1) is 6.61 Å². The van der Waals surface area contributed by atoms with Gasteiger partial charge in [-0.25, -0.2) is 4.57 Å². The predicted molar refractivity (Wildman–Crippen MR) is 221 cm³/mol. The topological polar surface area (TPSA) is 119 Å². The summed E-state index contributed by atoms with van der Waals surface area (Å²) in [6.07, 6.45) is 45.1. The molecule has 0 aromatic rings. The fourth-order valence-corrected chi connectivity index (χ4v) is 7.02. The maximum Gasteiger partial charge on any atom is 0.469 e. The highest BCUT2D eigenvalue weighted by atomic mass is 31.2. The van der Waals surface area contributed by atoms with Crippen LogP contribution in [0.15, 0.2) is 12.2 Å². The Morgan fingerprint density at radius 2 is 0.792 bits per heavy atom. The lowest BCUT2D eigenvalue weighted by atomic mass is 10.0. The van der Waals surface area contributed by atoms with Gasteiger partial charge in [0.25, 0.3) is 0 Å². The third kappa shape index (κ3) is 43.4. The Morgan fingerprint density at radius 3 is 1.17 bits per heavy atom. The molecule has 8 nitrogen and oxygen atoms in total. The molecule has 0 aliphatic heterocycles. The minimum Gasteiger partial charge on any atom is -0.462 e. The van der Waals surface area contributed by atoms with E-state index < -0.39 is 32.5 Å². The summed E-state index contributed by atoms with van der Waals surface area (Å²) in [5, 5.41) is 0. The molecule has 0 aromatic heterocycles. The van der Waals surface area contributed by atoms with Crippen molar-refractivity contribution < 1.29 is 37.9 Å². The van der Waals surface area contributed by atoms with Crippen molar-refractivity contribution in [2.24, 2.45) is 0 Å². The van der Waals surface area contributed by atoms with Gasteiger partial charge in [-0.2, -0.15) is 0 Å². The van der Waals surface area contributed by atoms with Crippen molar-refractivity contribution in [1.29, 1.82) is 0 Å². The monoisotopic (exact) mass is 773 g/mol. The van der Waals surface area contributed by atoms with Gasteiger partial charge in [0.15, 0.2) is 6.10 Å². The molecule has 0 radical (unpaired) electrons. The number of allylic oxidation sites excluding steroid dienone is 2. The number of carbonyl (C=O) groups excluding carboxylic acids is 2. The summed E-state index contributed by atoms with van der Waals surface area (Å²) in [7, 11) is -4.75. The van der Waals surface area contributed by atoms with Crippen molar-refractivity contribution in [1.82, 2.24) is 0 Å². The molecule has 0 saturated heterocycles. The number of phosphoric ester groups is 1. The SMILES string of the molecule is CCCCCC/C=C/CCCCCCCCCC(=O)O[C@H](COC(=O)CCCCCCCCCCCCCCCCCCCCCC)COP(=O)(O)O. The number of hydrogen-bond donors (Lipinski definition) is 2. The zero-order valence-corrected chi connectivity index (χ0v) is 35.6. The number of unbranched alkanes of at least 4 members (excludes halogenated alkanes) is 30. The zero-order valence-electron chi connectivity index (χ0n) is 34.7.